The van der Waals surface area contributed by atoms with Crippen molar-refractivity contribution in [1.29, 1.82) is 0 Å². The van der Waals surface area contributed by atoms with E-state index in [-0.39, 0.29) is 0 Å². The maximum Gasteiger partial charge on any atom is 0.394 e. The fraction of sp³-hybridized carbons (Fsp3) is 0.500. The van der Waals surface area contributed by atoms with Crippen molar-refractivity contribution in [3.63, 3.8) is 0 Å². The molecule has 0 saturated carbocycles. The van der Waals surface area contributed by atoms with Crippen LogP contribution in [-0.2, 0) is 64.1 Å². The van der Waals surface area contributed by atoms with E-state index < -0.39 is 51.2 Å². The van der Waals surface area contributed by atoms with Crippen molar-refractivity contribution in [2.75, 3.05) is 63.2 Å². The molecule has 0 spiro atoms. The van der Waals surface area contributed by atoms with E-state index in [1.54, 1.807) is 0 Å². The molecule has 0 unspecified atom stereocenters. The quantitative estimate of drug-likeness (QED) is 0.0589. The van der Waals surface area contributed by atoms with E-state index in [0.29, 0.717) is 26.2 Å². The average molecular weight is 837 g/mol. The second kappa shape index (κ2) is 25.4. The van der Waals surface area contributed by atoms with Gasteiger partial charge in [0.05, 0.1) is 12.5 Å². The Labute approximate surface area is 299 Å². The molecule has 2 aromatic carbocycles. The minimum Gasteiger partial charge on any atom is -0.399 e. The zero-order chi connectivity index (χ0) is 40.7. The topological polar surface area (TPSA) is 392 Å². The van der Waals surface area contributed by atoms with Crippen LogP contribution in [0.25, 0.3) is 0 Å². The van der Waals surface area contributed by atoms with Crippen LogP contribution in [0.5, 0.6) is 0 Å². The smallest absolute Gasteiger partial charge is 0.394 e. The summed E-state index contributed by atoms with van der Waals surface area (Å²) in [5, 5.41) is 6.36. The van der Waals surface area contributed by atoms with Crippen LogP contribution >= 0.6 is 0 Å². The third kappa shape index (κ3) is 51.9. The zero-order valence-electron chi connectivity index (χ0n) is 28.1. The first-order valence-corrected chi connectivity index (χ1v) is 21.8. The van der Waals surface area contributed by atoms with Crippen LogP contribution in [0, 0.1) is 13.8 Å². The maximum atomic E-state index is 10.8. The zero-order valence-corrected chi connectivity index (χ0v) is 32.2. The largest absolute Gasteiger partial charge is 0.399 e. The minimum absolute atomic E-state index is 0.416. The number of benzene rings is 2. The van der Waals surface area contributed by atoms with Gasteiger partial charge in [-0.15, -0.1) is 0 Å². The summed E-state index contributed by atoms with van der Waals surface area (Å²) < 4.78 is 143. The van der Waals surface area contributed by atoms with Gasteiger partial charge in [-0.25, -0.2) is 26.3 Å². The van der Waals surface area contributed by atoms with Crippen molar-refractivity contribution in [3.8, 4) is 0 Å². The molecule has 0 aromatic heterocycles. The van der Waals surface area contributed by atoms with E-state index >= 15 is 0 Å². The summed E-state index contributed by atoms with van der Waals surface area (Å²) in [4.78, 5) is 0. The monoisotopic (exact) mass is 836 g/mol. The lowest BCUT2D eigenvalue weighted by Gasteiger charge is -2.07. The van der Waals surface area contributed by atoms with Gasteiger partial charge in [-0.1, -0.05) is 24.3 Å². The fourth-order valence-corrected chi connectivity index (χ4v) is 4.10. The predicted octanol–water partition coefficient (Wildman–Crippen LogP) is -1.44. The van der Waals surface area contributed by atoms with Gasteiger partial charge in [0, 0.05) is 37.6 Å². The number of nitrogens with two attached hydrogens (primary N) is 2. The minimum atomic E-state index is -4.67. The van der Waals surface area contributed by atoms with Crippen LogP contribution in [0.3, 0.4) is 0 Å². The van der Waals surface area contributed by atoms with Crippen LogP contribution in [0.15, 0.2) is 36.4 Å². The molecular weight excluding hydrogens is 789 g/mol. The van der Waals surface area contributed by atoms with Gasteiger partial charge in [-0.2, -0.15) is 25.3 Å². The van der Waals surface area contributed by atoms with Gasteiger partial charge in [0.1, 0.15) is 0 Å². The normalized spacial score (nSPS) is 11.6. The highest BCUT2D eigenvalue weighted by atomic mass is 32.3. The molecule has 300 valence electrons. The SMILES string of the molecule is Cc1cc(CCNCCNS(C)(=O)=O)ccc1N.Cc1cc(CCNCCNS(C)(=O)=O)ccc1N.O=S(=O)(O)O.O=S(=O)(O)O.O=S(=O)(O)O. The number of hydrogen-bond acceptors (Lipinski definition) is 14. The Morgan fingerprint density at radius 3 is 0.961 bits per heavy atom. The summed E-state index contributed by atoms with van der Waals surface area (Å²) in [7, 11) is -20.2. The molecule has 2 rings (SSSR count). The third-order valence-corrected chi connectivity index (χ3v) is 6.64. The first-order chi connectivity index (χ1) is 22.8. The predicted molar refractivity (Wildman–Crippen MR) is 193 cm³/mol. The highest BCUT2D eigenvalue weighted by Crippen LogP contribution is 2.13. The molecule has 0 aliphatic heterocycles. The Bertz CT molecular complexity index is 1670. The summed E-state index contributed by atoms with van der Waals surface area (Å²) in [5.74, 6) is 0. The number of hydrogen-bond donors (Lipinski definition) is 12. The first-order valence-electron chi connectivity index (χ1n) is 13.9. The van der Waals surface area contributed by atoms with E-state index in [0.717, 1.165) is 60.9 Å². The van der Waals surface area contributed by atoms with Crippen molar-refractivity contribution in [3.05, 3.63) is 58.7 Å². The molecule has 0 saturated heterocycles. The van der Waals surface area contributed by atoms with Gasteiger partial charge in [-0.3, -0.25) is 27.3 Å². The molecular formula is C24H48N6O16S5. The van der Waals surface area contributed by atoms with E-state index in [2.05, 4.69) is 32.2 Å². The van der Waals surface area contributed by atoms with Crippen molar-refractivity contribution in [2.24, 2.45) is 0 Å². The van der Waals surface area contributed by atoms with Gasteiger partial charge >= 0.3 is 31.2 Å². The fourth-order valence-electron chi connectivity index (χ4n) is 3.15. The number of sulfonamides is 2. The maximum absolute atomic E-state index is 10.8. The van der Waals surface area contributed by atoms with Crippen LogP contribution in [0.2, 0.25) is 0 Å². The first kappa shape index (κ1) is 52.7. The van der Waals surface area contributed by atoms with Gasteiger partial charge in [0.2, 0.25) is 20.0 Å². The molecule has 0 amide bonds. The molecule has 0 aliphatic carbocycles. The van der Waals surface area contributed by atoms with Crippen LogP contribution < -0.4 is 31.5 Å². The summed E-state index contributed by atoms with van der Waals surface area (Å²) in [5.41, 5.74) is 17.7. The van der Waals surface area contributed by atoms with Crippen molar-refractivity contribution in [1.82, 2.24) is 20.1 Å². The number of rotatable bonds is 14. The lowest BCUT2D eigenvalue weighted by atomic mass is 10.1. The van der Waals surface area contributed by atoms with E-state index in [9.17, 15) is 16.8 Å². The van der Waals surface area contributed by atoms with Gasteiger partial charge < -0.3 is 22.1 Å². The molecule has 0 atom stereocenters. The molecule has 27 heteroatoms. The highest BCUT2D eigenvalue weighted by molar-refractivity contribution is 7.89. The van der Waals surface area contributed by atoms with Crippen LogP contribution in [-0.4, -0.2) is 121 Å². The molecule has 14 N–H and O–H groups in total. The molecule has 0 aliphatic rings. The van der Waals surface area contributed by atoms with Crippen molar-refractivity contribution in [2.45, 2.75) is 26.7 Å². The lowest BCUT2D eigenvalue weighted by molar-refractivity contribution is 0.378. The van der Waals surface area contributed by atoms with E-state index in [1.807, 2.05) is 38.1 Å². The van der Waals surface area contributed by atoms with Crippen LogP contribution in [0.4, 0.5) is 11.4 Å². The Kier molecular flexibility index (Phi) is 26.3. The molecule has 2 aromatic rings. The summed E-state index contributed by atoms with van der Waals surface area (Å²) in [6.45, 7) is 7.69. The molecule has 51 heavy (non-hydrogen) atoms. The number of anilines is 2. The highest BCUT2D eigenvalue weighted by Gasteiger charge is 2.01. The standard InChI is InChI=1S/2C12H21N3O2S.3H2O4S/c2*1-10-9-11(3-4-12(10)13)5-6-14-7-8-15-18(2,16)17;3*1-5(2,3)4/h2*3-4,9,14-15H,5-8,13H2,1-2H3;3*(H2,1,2,3,4). The molecule has 0 radical (unpaired) electrons. The number of nitrogens with one attached hydrogen (secondary N) is 4. The third-order valence-electron chi connectivity index (χ3n) is 5.18. The van der Waals surface area contributed by atoms with Gasteiger partial charge in [0.15, 0.2) is 0 Å². The molecule has 22 nitrogen and oxygen atoms in total. The Balaban J connectivity index is -0.000000649. The lowest BCUT2D eigenvalue weighted by Crippen LogP contribution is -2.31. The number of nitrogen functional groups attached to an aromatic ring is 2. The van der Waals surface area contributed by atoms with Crippen LogP contribution in [0.1, 0.15) is 22.3 Å². The summed E-state index contributed by atoms with van der Waals surface area (Å²) in [6, 6.07) is 12.0. The van der Waals surface area contributed by atoms with Gasteiger partial charge in [0.25, 0.3) is 0 Å². The summed E-state index contributed by atoms with van der Waals surface area (Å²) >= 11 is 0. The Hall–Kier alpha value is -2.61. The van der Waals surface area contributed by atoms with E-state index in [1.165, 1.54) is 11.1 Å². The second-order valence-corrected chi connectivity index (χ2v) is 16.4. The van der Waals surface area contributed by atoms with Crippen molar-refractivity contribution < 1.29 is 69.4 Å². The molecule has 0 fully saturated rings. The molecule has 0 bridgehead atoms. The van der Waals surface area contributed by atoms with Gasteiger partial charge in [-0.05, 0) is 74.2 Å². The van der Waals surface area contributed by atoms with Crippen molar-refractivity contribution >= 4 is 62.6 Å². The Morgan fingerprint density at radius 2 is 0.745 bits per heavy atom. The molecule has 0 heterocycles. The number of aryl methyl sites for hydroxylation is 2. The summed E-state index contributed by atoms with van der Waals surface area (Å²) in [6.07, 6.45) is 4.12. The Morgan fingerprint density at radius 1 is 0.490 bits per heavy atom. The van der Waals surface area contributed by atoms with E-state index in [4.69, 9.17) is 64.0 Å². The average Bonchev–Trinajstić information content (AvgIpc) is 2.88. The second-order valence-electron chi connectivity index (χ2n) is 10.1.